The van der Waals surface area contributed by atoms with E-state index in [9.17, 15) is 13.2 Å². The van der Waals surface area contributed by atoms with Gasteiger partial charge in [0, 0.05) is 22.6 Å². The second kappa shape index (κ2) is 7.07. The Hall–Kier alpha value is -2.64. The van der Waals surface area contributed by atoms with Crippen LogP contribution in [0, 0.1) is 6.92 Å². The summed E-state index contributed by atoms with van der Waals surface area (Å²) in [7, 11) is -2.23. The highest BCUT2D eigenvalue weighted by molar-refractivity contribution is 7.91. The maximum Gasteiger partial charge on any atom is 0.225 e. The van der Waals surface area contributed by atoms with Gasteiger partial charge in [0.2, 0.25) is 15.7 Å². The van der Waals surface area contributed by atoms with Gasteiger partial charge in [-0.2, -0.15) is 0 Å². The number of fused-ring (bicyclic) bond motifs is 1. The number of hydrogen-bond acceptors (Lipinski definition) is 5. The monoisotopic (exact) mass is 413 g/mol. The second-order valence-corrected chi connectivity index (χ2v) is 9.56. The summed E-state index contributed by atoms with van der Waals surface area (Å²) in [6.07, 6.45) is 0.304. The van der Waals surface area contributed by atoms with Crippen LogP contribution in [-0.2, 0) is 14.6 Å². The van der Waals surface area contributed by atoms with Gasteiger partial charge in [-0.05, 0) is 36.8 Å². The molecule has 1 aliphatic heterocycles. The molecule has 0 aliphatic carbocycles. The lowest BCUT2D eigenvalue weighted by atomic mass is 9.90. The van der Waals surface area contributed by atoms with Crippen LogP contribution >= 0.6 is 11.3 Å². The molecule has 2 aromatic carbocycles. The maximum absolute atomic E-state index is 13.2. The fourth-order valence-corrected chi connectivity index (χ4v) is 6.26. The van der Waals surface area contributed by atoms with E-state index in [-0.39, 0.29) is 21.6 Å². The number of methoxy groups -OCH3 is 1. The lowest BCUT2D eigenvalue weighted by Gasteiger charge is -2.24. The number of thiophene rings is 1. The van der Waals surface area contributed by atoms with Gasteiger partial charge >= 0.3 is 0 Å². The zero-order valence-electron chi connectivity index (χ0n) is 15.4. The summed E-state index contributed by atoms with van der Waals surface area (Å²) < 4.78 is 31.4. The third-order valence-corrected chi connectivity index (χ3v) is 7.93. The molecule has 0 radical (unpaired) electrons. The smallest absolute Gasteiger partial charge is 0.225 e. The Morgan fingerprint density at radius 1 is 1.07 bits per heavy atom. The predicted molar refractivity (Wildman–Crippen MR) is 109 cm³/mol. The van der Waals surface area contributed by atoms with E-state index in [1.807, 2.05) is 31.2 Å². The maximum atomic E-state index is 13.2. The zero-order chi connectivity index (χ0) is 19.9. The van der Waals surface area contributed by atoms with Gasteiger partial charge in [-0.1, -0.05) is 29.8 Å². The minimum atomic E-state index is -3.76. The Morgan fingerprint density at radius 3 is 2.39 bits per heavy atom. The van der Waals surface area contributed by atoms with Crippen LogP contribution in [0.1, 0.15) is 28.3 Å². The lowest BCUT2D eigenvalue weighted by molar-refractivity contribution is -0.116. The van der Waals surface area contributed by atoms with Crippen molar-refractivity contribution in [2.75, 3.05) is 12.4 Å². The standard InChI is InChI=1S/C21H19NO4S2/c1-13-3-5-14(6-4-13)17-11-19(23)22-20-18(12-27-21(17)20)28(24,25)16-9-7-15(26-2)8-10-16/h3-10,12,17H,11H2,1-2H3,(H,22,23). The Labute approximate surface area is 167 Å². The summed E-state index contributed by atoms with van der Waals surface area (Å²) in [5.41, 5.74) is 2.55. The third kappa shape index (κ3) is 3.21. The quantitative estimate of drug-likeness (QED) is 0.689. The lowest BCUT2D eigenvalue weighted by Crippen LogP contribution is -2.23. The number of nitrogens with one attached hydrogen (secondary N) is 1. The van der Waals surface area contributed by atoms with E-state index in [4.69, 9.17) is 4.74 Å². The minimum absolute atomic E-state index is 0.142. The fourth-order valence-electron chi connectivity index (χ4n) is 3.35. The summed E-state index contributed by atoms with van der Waals surface area (Å²) in [5, 5.41) is 4.41. The first-order valence-electron chi connectivity index (χ1n) is 8.77. The van der Waals surface area contributed by atoms with Crippen LogP contribution in [-0.4, -0.2) is 21.4 Å². The van der Waals surface area contributed by atoms with Gasteiger partial charge in [0.05, 0.1) is 17.7 Å². The summed E-state index contributed by atoms with van der Waals surface area (Å²) in [4.78, 5) is 13.5. The van der Waals surface area contributed by atoms with Crippen molar-refractivity contribution in [2.24, 2.45) is 0 Å². The Balaban J connectivity index is 1.79. The number of ether oxygens (including phenoxy) is 1. The van der Waals surface area contributed by atoms with Gasteiger partial charge < -0.3 is 10.1 Å². The highest BCUT2D eigenvalue weighted by Crippen LogP contribution is 2.45. The van der Waals surface area contributed by atoms with E-state index in [1.54, 1.807) is 17.5 Å². The average molecular weight is 414 g/mol. The molecule has 2 heterocycles. The van der Waals surface area contributed by atoms with Crippen LogP contribution in [0.5, 0.6) is 5.75 Å². The highest BCUT2D eigenvalue weighted by atomic mass is 32.2. The van der Waals surface area contributed by atoms with Crippen molar-refractivity contribution in [3.63, 3.8) is 0 Å². The van der Waals surface area contributed by atoms with Crippen molar-refractivity contribution < 1.29 is 17.9 Å². The molecule has 0 saturated heterocycles. The molecule has 1 aliphatic rings. The van der Waals surface area contributed by atoms with E-state index < -0.39 is 9.84 Å². The number of anilines is 1. The molecule has 1 N–H and O–H groups in total. The molecule has 1 aromatic heterocycles. The van der Waals surface area contributed by atoms with Crippen LogP contribution in [0.2, 0.25) is 0 Å². The number of hydrogen-bond donors (Lipinski definition) is 1. The molecule has 28 heavy (non-hydrogen) atoms. The molecule has 1 unspecified atom stereocenters. The van der Waals surface area contributed by atoms with E-state index in [0.29, 0.717) is 17.9 Å². The Kier molecular flexibility index (Phi) is 4.72. The SMILES string of the molecule is COc1ccc(S(=O)(=O)c2csc3c2NC(=O)CC3c2ccc(C)cc2)cc1. The van der Waals surface area contributed by atoms with E-state index in [2.05, 4.69) is 5.32 Å². The minimum Gasteiger partial charge on any atom is -0.497 e. The number of carbonyl (C=O) groups is 1. The van der Waals surface area contributed by atoms with Crippen molar-refractivity contribution in [3.8, 4) is 5.75 Å². The Morgan fingerprint density at radius 2 is 1.75 bits per heavy atom. The van der Waals surface area contributed by atoms with Crippen LogP contribution in [0.25, 0.3) is 0 Å². The number of sulfone groups is 1. The first-order chi connectivity index (χ1) is 13.4. The summed E-state index contributed by atoms with van der Waals surface area (Å²) in [6.45, 7) is 2.01. The topological polar surface area (TPSA) is 72.5 Å². The number of aryl methyl sites for hydroxylation is 1. The first kappa shape index (κ1) is 18.7. The van der Waals surface area contributed by atoms with Gasteiger partial charge in [-0.25, -0.2) is 8.42 Å². The molecular formula is C21H19NO4S2. The van der Waals surface area contributed by atoms with E-state index in [0.717, 1.165) is 16.0 Å². The molecule has 0 fully saturated rings. The van der Waals surface area contributed by atoms with Crippen molar-refractivity contribution in [2.45, 2.75) is 29.1 Å². The van der Waals surface area contributed by atoms with Crippen molar-refractivity contribution in [1.29, 1.82) is 0 Å². The van der Waals surface area contributed by atoms with Gasteiger partial charge in [0.1, 0.15) is 10.6 Å². The van der Waals surface area contributed by atoms with E-state index >= 15 is 0 Å². The average Bonchev–Trinajstić information content (AvgIpc) is 3.12. The first-order valence-corrected chi connectivity index (χ1v) is 11.1. The van der Waals surface area contributed by atoms with Gasteiger partial charge in [-0.15, -0.1) is 11.3 Å². The van der Waals surface area contributed by atoms with Gasteiger partial charge in [-0.3, -0.25) is 4.79 Å². The molecular weight excluding hydrogens is 394 g/mol. The number of amides is 1. The molecule has 5 nitrogen and oxygen atoms in total. The highest BCUT2D eigenvalue weighted by Gasteiger charge is 2.34. The predicted octanol–water partition coefficient (Wildman–Crippen LogP) is 4.37. The van der Waals surface area contributed by atoms with Gasteiger partial charge in [0.15, 0.2) is 0 Å². The van der Waals surface area contributed by atoms with Crippen LogP contribution in [0.4, 0.5) is 5.69 Å². The van der Waals surface area contributed by atoms with Gasteiger partial charge in [0.25, 0.3) is 0 Å². The van der Waals surface area contributed by atoms with E-state index in [1.165, 1.54) is 30.6 Å². The third-order valence-electron chi connectivity index (χ3n) is 4.90. The summed E-state index contributed by atoms with van der Waals surface area (Å²) >= 11 is 1.37. The second-order valence-electron chi connectivity index (χ2n) is 6.73. The van der Waals surface area contributed by atoms with Crippen LogP contribution < -0.4 is 10.1 Å². The number of carbonyl (C=O) groups excluding carboxylic acids is 1. The molecule has 0 spiro atoms. The zero-order valence-corrected chi connectivity index (χ0v) is 17.1. The molecule has 3 aromatic rings. The number of benzene rings is 2. The number of rotatable bonds is 4. The molecule has 4 rings (SSSR count). The molecule has 0 bridgehead atoms. The Bertz CT molecular complexity index is 1130. The molecule has 1 amide bonds. The molecule has 1 atom stereocenters. The van der Waals surface area contributed by atoms with Crippen molar-refractivity contribution in [3.05, 3.63) is 69.9 Å². The molecule has 7 heteroatoms. The van der Waals surface area contributed by atoms with Crippen molar-refractivity contribution in [1.82, 2.24) is 0 Å². The van der Waals surface area contributed by atoms with Crippen LogP contribution in [0.15, 0.2) is 63.7 Å². The summed E-state index contributed by atoms with van der Waals surface area (Å²) in [5.74, 6) is 0.260. The fraction of sp³-hybridized carbons (Fsp3) is 0.190. The normalized spacial score (nSPS) is 16.4. The molecule has 144 valence electrons. The summed E-state index contributed by atoms with van der Waals surface area (Å²) in [6, 6.07) is 14.3. The van der Waals surface area contributed by atoms with Crippen LogP contribution in [0.3, 0.4) is 0 Å². The van der Waals surface area contributed by atoms with Crippen molar-refractivity contribution >= 4 is 32.8 Å². The largest absolute Gasteiger partial charge is 0.497 e. The molecule has 0 saturated carbocycles.